The number of carbonyl (C=O) groups excluding carboxylic acids is 2. The fraction of sp³-hybridized carbons (Fsp3) is 0.314. The van der Waals surface area contributed by atoms with E-state index in [1.807, 2.05) is 17.0 Å². The molecule has 2 fully saturated rings. The Kier molecular flexibility index (Phi) is 10.2. The SMILES string of the molecule is N#Cc1ccc(OC(F)F)cc1Sc1cccc(-c2nn(CC(=O)N3CCC(N4CCOCC4)CC3)cc2NC(=O)c2cnn3cccnc23)c1. The van der Waals surface area contributed by atoms with E-state index in [9.17, 15) is 23.6 Å². The lowest BCUT2D eigenvalue weighted by molar-refractivity contribution is -0.133. The van der Waals surface area contributed by atoms with Gasteiger partial charge in [0.05, 0.1) is 30.7 Å². The van der Waals surface area contributed by atoms with Crippen LogP contribution in [0, 0.1) is 11.3 Å². The predicted molar refractivity (Wildman–Crippen MR) is 183 cm³/mol. The van der Waals surface area contributed by atoms with E-state index in [1.54, 1.807) is 36.8 Å². The summed E-state index contributed by atoms with van der Waals surface area (Å²) in [6.07, 6.45) is 8.10. The average molecular weight is 714 g/mol. The van der Waals surface area contributed by atoms with Gasteiger partial charge in [-0.05, 0) is 49.2 Å². The third kappa shape index (κ3) is 7.85. The summed E-state index contributed by atoms with van der Waals surface area (Å²) in [4.78, 5) is 36.8. The van der Waals surface area contributed by atoms with E-state index in [0.717, 1.165) is 39.1 Å². The van der Waals surface area contributed by atoms with Crippen LogP contribution in [0.5, 0.6) is 5.75 Å². The molecule has 5 heterocycles. The highest BCUT2D eigenvalue weighted by Gasteiger charge is 2.28. The van der Waals surface area contributed by atoms with Crippen molar-refractivity contribution < 1.29 is 27.8 Å². The Bertz CT molecular complexity index is 2080. The third-order valence-electron chi connectivity index (χ3n) is 8.84. The smallest absolute Gasteiger partial charge is 0.387 e. The molecule has 0 spiro atoms. The molecule has 16 heteroatoms. The van der Waals surface area contributed by atoms with E-state index in [1.165, 1.54) is 45.4 Å². The minimum Gasteiger partial charge on any atom is -0.435 e. The summed E-state index contributed by atoms with van der Waals surface area (Å²) in [6.45, 7) is 1.55. The number of likely N-dealkylation sites (tertiary alicyclic amines) is 1. The molecule has 0 atom stereocenters. The molecule has 0 saturated carbocycles. The minimum absolute atomic E-state index is 0.0275. The van der Waals surface area contributed by atoms with Crippen LogP contribution < -0.4 is 10.1 Å². The summed E-state index contributed by atoms with van der Waals surface area (Å²) in [5, 5.41) is 21.6. The Morgan fingerprint density at radius 3 is 2.71 bits per heavy atom. The molecule has 0 bridgehead atoms. The summed E-state index contributed by atoms with van der Waals surface area (Å²) in [5.74, 6) is -0.599. The molecule has 262 valence electrons. The number of anilines is 1. The quantitative estimate of drug-likeness (QED) is 0.215. The number of ether oxygens (including phenoxy) is 2. The summed E-state index contributed by atoms with van der Waals surface area (Å²) >= 11 is 1.19. The first-order chi connectivity index (χ1) is 24.8. The number of morpholine rings is 1. The molecule has 2 aliphatic heterocycles. The first-order valence-corrected chi connectivity index (χ1v) is 17.2. The molecule has 2 amide bonds. The number of carbonyl (C=O) groups is 2. The predicted octanol–water partition coefficient (Wildman–Crippen LogP) is 4.79. The van der Waals surface area contributed by atoms with Crippen molar-refractivity contribution in [2.45, 2.75) is 41.8 Å². The van der Waals surface area contributed by atoms with Crippen molar-refractivity contribution in [2.75, 3.05) is 44.7 Å². The van der Waals surface area contributed by atoms with Crippen LogP contribution in [0.4, 0.5) is 14.5 Å². The Labute approximate surface area is 295 Å². The van der Waals surface area contributed by atoms with Gasteiger partial charge >= 0.3 is 6.61 Å². The minimum atomic E-state index is -3.01. The number of benzene rings is 2. The van der Waals surface area contributed by atoms with Crippen molar-refractivity contribution in [3.8, 4) is 23.1 Å². The maximum Gasteiger partial charge on any atom is 0.387 e. The molecule has 7 rings (SSSR count). The number of fused-ring (bicyclic) bond motifs is 1. The van der Waals surface area contributed by atoms with Crippen molar-refractivity contribution in [3.05, 3.63) is 84.4 Å². The molecule has 13 nitrogen and oxygen atoms in total. The van der Waals surface area contributed by atoms with Crippen molar-refractivity contribution in [3.63, 3.8) is 0 Å². The molecule has 5 aromatic rings. The van der Waals surface area contributed by atoms with Crippen LogP contribution in [0.25, 0.3) is 16.9 Å². The monoisotopic (exact) mass is 713 g/mol. The first-order valence-electron chi connectivity index (χ1n) is 16.4. The average Bonchev–Trinajstić information content (AvgIpc) is 3.76. The second-order valence-corrected chi connectivity index (χ2v) is 13.1. The topological polar surface area (TPSA) is 143 Å². The number of nitriles is 1. The number of piperidine rings is 1. The van der Waals surface area contributed by atoms with Gasteiger partial charge in [-0.25, -0.2) is 9.50 Å². The zero-order valence-corrected chi connectivity index (χ0v) is 28.1. The van der Waals surface area contributed by atoms with Gasteiger partial charge in [0.15, 0.2) is 5.65 Å². The molecule has 0 unspecified atom stereocenters. The zero-order chi connectivity index (χ0) is 35.3. The zero-order valence-electron chi connectivity index (χ0n) is 27.3. The first kappa shape index (κ1) is 34.1. The van der Waals surface area contributed by atoms with Gasteiger partial charge in [-0.1, -0.05) is 23.9 Å². The molecule has 2 aliphatic rings. The number of hydrogen-bond acceptors (Lipinski definition) is 10. The Hall–Kier alpha value is -5.37. The van der Waals surface area contributed by atoms with Gasteiger partial charge in [-0.3, -0.25) is 19.2 Å². The Morgan fingerprint density at radius 1 is 1.10 bits per heavy atom. The number of alkyl halides is 2. The van der Waals surface area contributed by atoms with Gasteiger partial charge in [0.2, 0.25) is 5.91 Å². The maximum atomic E-state index is 13.6. The van der Waals surface area contributed by atoms with Gasteiger partial charge in [0.25, 0.3) is 5.91 Å². The third-order valence-corrected chi connectivity index (χ3v) is 9.89. The van der Waals surface area contributed by atoms with E-state index >= 15 is 0 Å². The van der Waals surface area contributed by atoms with Crippen molar-refractivity contribution in [1.29, 1.82) is 5.26 Å². The van der Waals surface area contributed by atoms with Crippen LogP contribution in [0.15, 0.2) is 83.1 Å². The van der Waals surface area contributed by atoms with Crippen LogP contribution in [0.1, 0.15) is 28.8 Å². The highest BCUT2D eigenvalue weighted by molar-refractivity contribution is 7.99. The fourth-order valence-electron chi connectivity index (χ4n) is 6.34. The summed E-state index contributed by atoms with van der Waals surface area (Å²) in [5.41, 5.74) is 2.31. The van der Waals surface area contributed by atoms with Crippen LogP contribution in [0.3, 0.4) is 0 Å². The standard InChI is InChI=1S/C35H33F2N9O4S/c36-35(37)50-26-6-5-24(19-38)30(18-26)51-27-4-1-3-23(17-27)32-29(41-34(48)28-20-40-46-10-2-9-39-33(28)46)21-45(42-32)22-31(47)44-11-7-25(8-12-44)43-13-15-49-16-14-43/h1-6,9-10,17-18,20-21,25,35H,7-8,11-16,22H2,(H,41,48). The maximum absolute atomic E-state index is 13.6. The number of nitrogens with one attached hydrogen (secondary N) is 1. The van der Waals surface area contributed by atoms with E-state index < -0.39 is 12.5 Å². The molecular weight excluding hydrogens is 681 g/mol. The number of nitrogens with zero attached hydrogens (tertiary/aromatic N) is 8. The summed E-state index contributed by atoms with van der Waals surface area (Å²) in [7, 11) is 0. The molecule has 0 radical (unpaired) electrons. The lowest BCUT2D eigenvalue weighted by Gasteiger charge is -2.40. The van der Waals surface area contributed by atoms with Gasteiger partial charge in [-0.15, -0.1) is 0 Å². The van der Waals surface area contributed by atoms with Crippen LogP contribution in [-0.4, -0.2) is 98.0 Å². The van der Waals surface area contributed by atoms with Crippen molar-refractivity contribution in [1.82, 2.24) is 34.2 Å². The molecule has 1 N–H and O–H groups in total. The molecule has 3 aromatic heterocycles. The molecule has 0 aliphatic carbocycles. The number of amides is 2. The second-order valence-electron chi connectivity index (χ2n) is 12.0. The highest BCUT2D eigenvalue weighted by atomic mass is 32.2. The second kappa shape index (κ2) is 15.3. The fourth-order valence-corrected chi connectivity index (χ4v) is 7.32. The molecular formula is C35H33F2N9O4S. The summed E-state index contributed by atoms with van der Waals surface area (Å²) < 4.78 is 38.9. The lowest BCUT2D eigenvalue weighted by atomic mass is 10.0. The van der Waals surface area contributed by atoms with Gasteiger partial charge in [0.1, 0.15) is 29.6 Å². The Morgan fingerprint density at radius 2 is 1.92 bits per heavy atom. The summed E-state index contributed by atoms with van der Waals surface area (Å²) in [6, 6.07) is 15.6. The van der Waals surface area contributed by atoms with E-state index in [0.29, 0.717) is 57.1 Å². The largest absolute Gasteiger partial charge is 0.435 e. The van der Waals surface area contributed by atoms with Gasteiger partial charge < -0.3 is 19.7 Å². The van der Waals surface area contributed by atoms with Crippen molar-refractivity contribution >= 4 is 34.9 Å². The number of halogens is 2. The van der Waals surface area contributed by atoms with Crippen LogP contribution >= 0.6 is 11.8 Å². The highest BCUT2D eigenvalue weighted by Crippen LogP contribution is 2.36. The molecule has 2 saturated heterocycles. The van der Waals surface area contributed by atoms with Crippen LogP contribution in [0.2, 0.25) is 0 Å². The van der Waals surface area contributed by atoms with E-state index in [-0.39, 0.29) is 23.8 Å². The number of hydrogen-bond donors (Lipinski definition) is 1. The number of aromatic nitrogens is 5. The van der Waals surface area contributed by atoms with E-state index in [4.69, 9.17) is 9.84 Å². The lowest BCUT2D eigenvalue weighted by Crippen LogP contribution is -2.50. The van der Waals surface area contributed by atoms with Crippen LogP contribution in [-0.2, 0) is 16.1 Å². The van der Waals surface area contributed by atoms with Gasteiger partial charge in [-0.2, -0.15) is 24.2 Å². The number of rotatable bonds is 10. The molecule has 51 heavy (non-hydrogen) atoms. The Balaban J connectivity index is 1.14. The normalized spacial score (nSPS) is 15.6. The van der Waals surface area contributed by atoms with Gasteiger partial charge in [0, 0.05) is 66.2 Å². The molecule has 2 aromatic carbocycles. The van der Waals surface area contributed by atoms with Crippen molar-refractivity contribution in [2.24, 2.45) is 0 Å². The van der Waals surface area contributed by atoms with E-state index in [2.05, 4.69) is 31.1 Å².